The first kappa shape index (κ1) is 16.0. The lowest BCUT2D eigenvalue weighted by atomic mass is 9.99. The number of carbonyl (C=O) groups is 1. The van der Waals surface area contributed by atoms with E-state index >= 15 is 0 Å². The molecular weight excluding hydrogens is 322 g/mol. The van der Waals surface area contributed by atoms with Gasteiger partial charge in [-0.05, 0) is 31.0 Å². The SMILES string of the molecule is O=C(NC1(CO)CCCC1)c1cnc(-c2ccc(F)c(F)c2)s1. The number of aliphatic hydroxyl groups is 1. The van der Waals surface area contributed by atoms with Crippen LogP contribution in [-0.4, -0.2) is 28.1 Å². The fourth-order valence-electron chi connectivity index (χ4n) is 2.82. The first-order valence-electron chi connectivity index (χ1n) is 7.38. The molecule has 2 aromatic rings. The van der Waals surface area contributed by atoms with Gasteiger partial charge in [0.2, 0.25) is 0 Å². The molecule has 1 aromatic heterocycles. The molecule has 7 heteroatoms. The van der Waals surface area contributed by atoms with Gasteiger partial charge in [0, 0.05) is 5.56 Å². The van der Waals surface area contributed by atoms with Gasteiger partial charge in [-0.1, -0.05) is 12.8 Å². The Hall–Kier alpha value is -1.86. The number of nitrogens with zero attached hydrogens (tertiary/aromatic N) is 1. The van der Waals surface area contributed by atoms with Crippen LogP contribution in [0.1, 0.15) is 35.4 Å². The van der Waals surface area contributed by atoms with Crippen molar-refractivity contribution in [3.63, 3.8) is 0 Å². The number of benzene rings is 1. The van der Waals surface area contributed by atoms with Crippen molar-refractivity contribution in [1.29, 1.82) is 0 Å². The van der Waals surface area contributed by atoms with E-state index < -0.39 is 17.2 Å². The number of halogens is 2. The number of aromatic nitrogens is 1. The number of nitrogens with one attached hydrogen (secondary N) is 1. The molecule has 1 aromatic carbocycles. The molecule has 1 amide bonds. The number of carbonyl (C=O) groups excluding carboxylic acids is 1. The molecule has 0 bridgehead atoms. The normalized spacial score (nSPS) is 16.5. The van der Waals surface area contributed by atoms with Gasteiger partial charge in [-0.3, -0.25) is 4.79 Å². The Bertz CT molecular complexity index is 727. The van der Waals surface area contributed by atoms with Gasteiger partial charge in [-0.15, -0.1) is 11.3 Å². The summed E-state index contributed by atoms with van der Waals surface area (Å²) < 4.78 is 26.3. The predicted molar refractivity (Wildman–Crippen MR) is 83.2 cm³/mol. The Kier molecular flexibility index (Phi) is 4.41. The van der Waals surface area contributed by atoms with Crippen LogP contribution >= 0.6 is 11.3 Å². The van der Waals surface area contributed by atoms with Crippen LogP contribution in [-0.2, 0) is 0 Å². The smallest absolute Gasteiger partial charge is 0.263 e. The van der Waals surface area contributed by atoms with Crippen LogP contribution < -0.4 is 5.32 Å². The molecule has 0 radical (unpaired) electrons. The zero-order valence-electron chi connectivity index (χ0n) is 12.3. The van der Waals surface area contributed by atoms with Crippen LogP contribution in [0.15, 0.2) is 24.4 Å². The Balaban J connectivity index is 1.78. The van der Waals surface area contributed by atoms with Gasteiger partial charge in [0.15, 0.2) is 11.6 Å². The van der Waals surface area contributed by atoms with Crippen LogP contribution in [0.25, 0.3) is 10.6 Å². The Labute approximate surface area is 136 Å². The second-order valence-electron chi connectivity index (χ2n) is 5.76. The maximum absolute atomic E-state index is 13.3. The first-order valence-corrected chi connectivity index (χ1v) is 8.19. The lowest BCUT2D eigenvalue weighted by Gasteiger charge is -2.27. The molecule has 1 fully saturated rings. The van der Waals surface area contributed by atoms with Crippen LogP contribution in [0.3, 0.4) is 0 Å². The molecule has 122 valence electrons. The van der Waals surface area contributed by atoms with Crippen molar-refractivity contribution < 1.29 is 18.7 Å². The van der Waals surface area contributed by atoms with Gasteiger partial charge >= 0.3 is 0 Å². The van der Waals surface area contributed by atoms with E-state index in [4.69, 9.17) is 0 Å². The first-order chi connectivity index (χ1) is 11.0. The third-order valence-electron chi connectivity index (χ3n) is 4.14. The van der Waals surface area contributed by atoms with Crippen molar-refractivity contribution in [2.75, 3.05) is 6.61 Å². The summed E-state index contributed by atoms with van der Waals surface area (Å²) in [7, 11) is 0. The molecule has 0 saturated heterocycles. The summed E-state index contributed by atoms with van der Waals surface area (Å²) in [5.41, 5.74) is -0.130. The van der Waals surface area contributed by atoms with E-state index in [2.05, 4.69) is 10.3 Å². The van der Waals surface area contributed by atoms with Crippen LogP contribution in [0.5, 0.6) is 0 Å². The summed E-state index contributed by atoms with van der Waals surface area (Å²) in [6.45, 7) is -0.0897. The average molecular weight is 338 g/mol. The van der Waals surface area contributed by atoms with E-state index in [0.29, 0.717) is 15.4 Å². The molecule has 1 saturated carbocycles. The van der Waals surface area contributed by atoms with Crippen molar-refractivity contribution in [1.82, 2.24) is 10.3 Å². The molecule has 3 rings (SSSR count). The minimum Gasteiger partial charge on any atom is -0.394 e. The number of aliphatic hydroxyl groups excluding tert-OH is 1. The number of hydrogen-bond acceptors (Lipinski definition) is 4. The molecule has 1 aliphatic rings. The molecule has 2 N–H and O–H groups in total. The minimum absolute atomic E-state index is 0.0897. The fraction of sp³-hybridized carbons (Fsp3) is 0.375. The second-order valence-corrected chi connectivity index (χ2v) is 6.79. The number of thiazole rings is 1. The summed E-state index contributed by atoms with van der Waals surface area (Å²) in [4.78, 5) is 16.8. The molecule has 0 spiro atoms. The lowest BCUT2D eigenvalue weighted by molar-refractivity contribution is 0.0842. The summed E-state index contributed by atoms with van der Waals surface area (Å²) in [5.74, 6) is -2.17. The summed E-state index contributed by atoms with van der Waals surface area (Å²) in [6, 6.07) is 3.51. The number of rotatable bonds is 4. The highest BCUT2D eigenvalue weighted by Gasteiger charge is 2.35. The molecule has 1 aliphatic carbocycles. The number of amides is 1. The maximum Gasteiger partial charge on any atom is 0.263 e. The van der Waals surface area contributed by atoms with Gasteiger partial charge in [-0.2, -0.15) is 0 Å². The quantitative estimate of drug-likeness (QED) is 0.900. The largest absolute Gasteiger partial charge is 0.394 e. The molecule has 23 heavy (non-hydrogen) atoms. The molecule has 1 heterocycles. The standard InChI is InChI=1S/C16H16F2N2O2S/c17-11-4-3-10(7-12(11)18)15-19-8-13(23-15)14(22)20-16(9-21)5-1-2-6-16/h3-4,7-8,21H,1-2,5-6,9H2,(H,20,22). The highest BCUT2D eigenvalue weighted by atomic mass is 32.1. The Morgan fingerprint density at radius 1 is 1.30 bits per heavy atom. The molecule has 0 aliphatic heterocycles. The van der Waals surface area contributed by atoms with Crippen LogP contribution in [0.2, 0.25) is 0 Å². The summed E-state index contributed by atoms with van der Waals surface area (Å²) >= 11 is 1.11. The summed E-state index contributed by atoms with van der Waals surface area (Å²) in [6.07, 6.45) is 4.87. The monoisotopic (exact) mass is 338 g/mol. The van der Waals surface area contributed by atoms with Crippen molar-refractivity contribution in [3.05, 3.63) is 40.9 Å². The van der Waals surface area contributed by atoms with E-state index in [1.54, 1.807) is 0 Å². The lowest BCUT2D eigenvalue weighted by Crippen LogP contribution is -2.49. The molecular formula is C16H16F2N2O2S. The van der Waals surface area contributed by atoms with Gasteiger partial charge in [-0.25, -0.2) is 13.8 Å². The molecule has 4 nitrogen and oxygen atoms in total. The Morgan fingerprint density at radius 3 is 2.70 bits per heavy atom. The van der Waals surface area contributed by atoms with E-state index in [1.807, 2.05) is 0 Å². The van der Waals surface area contributed by atoms with E-state index in [-0.39, 0.29) is 12.5 Å². The second kappa shape index (κ2) is 6.33. The highest BCUT2D eigenvalue weighted by Crippen LogP contribution is 2.31. The van der Waals surface area contributed by atoms with E-state index in [0.717, 1.165) is 49.2 Å². The minimum atomic E-state index is -0.950. The van der Waals surface area contributed by atoms with Gasteiger partial charge in [0.1, 0.15) is 9.88 Å². The van der Waals surface area contributed by atoms with Crippen molar-refractivity contribution >= 4 is 17.2 Å². The van der Waals surface area contributed by atoms with E-state index in [1.165, 1.54) is 12.3 Å². The average Bonchev–Trinajstić information content (AvgIpc) is 3.20. The van der Waals surface area contributed by atoms with Gasteiger partial charge in [0.25, 0.3) is 5.91 Å². The number of hydrogen-bond donors (Lipinski definition) is 2. The maximum atomic E-state index is 13.3. The zero-order valence-corrected chi connectivity index (χ0v) is 13.1. The summed E-state index contributed by atoms with van der Waals surface area (Å²) in [5, 5.41) is 12.9. The third kappa shape index (κ3) is 3.25. The zero-order chi connectivity index (χ0) is 16.4. The van der Waals surface area contributed by atoms with Gasteiger partial charge < -0.3 is 10.4 Å². The highest BCUT2D eigenvalue weighted by molar-refractivity contribution is 7.16. The Morgan fingerprint density at radius 2 is 2.04 bits per heavy atom. The molecule has 0 atom stereocenters. The van der Waals surface area contributed by atoms with Crippen LogP contribution in [0.4, 0.5) is 8.78 Å². The van der Waals surface area contributed by atoms with Crippen molar-refractivity contribution in [3.8, 4) is 10.6 Å². The van der Waals surface area contributed by atoms with Crippen molar-refractivity contribution in [2.24, 2.45) is 0 Å². The van der Waals surface area contributed by atoms with Gasteiger partial charge in [0.05, 0.1) is 18.3 Å². The third-order valence-corrected chi connectivity index (χ3v) is 5.18. The van der Waals surface area contributed by atoms with Crippen LogP contribution in [0, 0.1) is 11.6 Å². The van der Waals surface area contributed by atoms with E-state index in [9.17, 15) is 18.7 Å². The fourth-order valence-corrected chi connectivity index (χ4v) is 3.63. The van der Waals surface area contributed by atoms with Crippen molar-refractivity contribution in [2.45, 2.75) is 31.2 Å². The topological polar surface area (TPSA) is 62.2 Å². The molecule has 0 unspecified atom stereocenters. The predicted octanol–water partition coefficient (Wildman–Crippen LogP) is 3.12.